The van der Waals surface area contributed by atoms with Crippen LogP contribution in [0.3, 0.4) is 0 Å². The van der Waals surface area contributed by atoms with E-state index in [0.717, 1.165) is 5.01 Å². The van der Waals surface area contributed by atoms with E-state index in [1.165, 1.54) is 11.3 Å². The number of aromatic nitrogens is 1. The Labute approximate surface area is 97.7 Å². The molecule has 86 valence electrons. The van der Waals surface area contributed by atoms with Crippen LogP contribution in [0.25, 0.3) is 0 Å². The van der Waals surface area contributed by atoms with Gasteiger partial charge in [0.05, 0.1) is 11.9 Å². The fraction of sp³-hybridized carbons (Fsp3) is 0.571. The molecule has 0 aromatic carbocycles. The number of nitrogens with one attached hydrogen (secondary N) is 1. The summed E-state index contributed by atoms with van der Waals surface area (Å²) in [5.41, 5.74) is 0. The van der Waals surface area contributed by atoms with E-state index in [0.29, 0.717) is 23.8 Å². The predicted molar refractivity (Wildman–Crippen MR) is 61.4 cm³/mol. The fourth-order valence-corrected chi connectivity index (χ4v) is 2.44. The maximum Gasteiger partial charge on any atom is 0.209 e. The predicted octanol–water partition coefficient (Wildman–Crippen LogP) is 0.565. The van der Waals surface area contributed by atoms with Crippen molar-refractivity contribution in [1.29, 1.82) is 0 Å². The second-order valence-electron chi connectivity index (χ2n) is 2.96. The lowest BCUT2D eigenvalue weighted by molar-refractivity contribution is 0.590. The molecule has 0 aliphatic heterocycles. The number of hydrogen-bond acceptors (Lipinski definition) is 5. The summed E-state index contributed by atoms with van der Waals surface area (Å²) in [4.78, 5) is 4.04. The molecule has 0 saturated heterocycles. The van der Waals surface area contributed by atoms with Gasteiger partial charge in [-0.2, -0.15) is 0 Å². The van der Waals surface area contributed by atoms with Crippen LogP contribution in [0.15, 0.2) is 6.20 Å². The molecule has 0 bridgehead atoms. The minimum absolute atomic E-state index is 0.00136. The number of nitrogens with zero attached hydrogens (tertiary/aromatic N) is 1. The second kappa shape index (κ2) is 5.76. The Kier molecular flexibility index (Phi) is 4.94. The second-order valence-corrected chi connectivity index (χ2v) is 6.44. The van der Waals surface area contributed by atoms with Crippen LogP contribution in [0, 0.1) is 0 Å². The summed E-state index contributed by atoms with van der Waals surface area (Å²) in [5.74, 6) is -0.00136. The van der Waals surface area contributed by atoms with E-state index in [2.05, 4.69) is 10.3 Å². The summed E-state index contributed by atoms with van der Waals surface area (Å²) in [5, 5.41) is 8.79. The number of hydrogen-bond donors (Lipinski definition) is 2. The van der Waals surface area contributed by atoms with Gasteiger partial charge in [-0.25, -0.2) is 18.5 Å². The lowest BCUT2D eigenvalue weighted by Crippen LogP contribution is -2.21. The van der Waals surface area contributed by atoms with Gasteiger partial charge in [-0.05, 0) is 13.0 Å². The molecule has 0 radical (unpaired) electrons. The van der Waals surface area contributed by atoms with Crippen LogP contribution in [0.2, 0.25) is 4.34 Å². The van der Waals surface area contributed by atoms with E-state index in [1.54, 1.807) is 6.20 Å². The van der Waals surface area contributed by atoms with Crippen LogP contribution in [0.4, 0.5) is 0 Å². The highest BCUT2D eigenvalue weighted by Gasteiger charge is 2.02. The van der Waals surface area contributed by atoms with Gasteiger partial charge in [0.2, 0.25) is 10.0 Å². The van der Waals surface area contributed by atoms with E-state index >= 15 is 0 Å². The maximum absolute atomic E-state index is 10.6. The van der Waals surface area contributed by atoms with Crippen molar-refractivity contribution in [3.63, 3.8) is 0 Å². The number of halogens is 1. The number of thiazole rings is 1. The third kappa shape index (κ3) is 6.06. The van der Waals surface area contributed by atoms with Crippen molar-refractivity contribution >= 4 is 33.0 Å². The van der Waals surface area contributed by atoms with Crippen LogP contribution >= 0.6 is 22.9 Å². The van der Waals surface area contributed by atoms with Gasteiger partial charge in [0.1, 0.15) is 9.34 Å². The first-order chi connectivity index (χ1) is 6.97. The SMILES string of the molecule is NS(=O)(=O)CCCNCc1ncc(Cl)s1. The molecule has 5 nitrogen and oxygen atoms in total. The molecule has 1 heterocycles. The summed E-state index contributed by atoms with van der Waals surface area (Å²) < 4.78 is 21.8. The molecule has 0 fully saturated rings. The molecule has 8 heteroatoms. The summed E-state index contributed by atoms with van der Waals surface area (Å²) in [6.45, 7) is 1.19. The Morgan fingerprint density at radius 1 is 1.60 bits per heavy atom. The molecule has 0 atom stereocenters. The number of sulfonamides is 1. The van der Waals surface area contributed by atoms with E-state index in [4.69, 9.17) is 16.7 Å². The van der Waals surface area contributed by atoms with Crippen molar-refractivity contribution in [2.45, 2.75) is 13.0 Å². The molecule has 1 aromatic heterocycles. The first kappa shape index (κ1) is 12.9. The fourth-order valence-electron chi connectivity index (χ4n) is 0.963. The molecule has 0 unspecified atom stereocenters. The van der Waals surface area contributed by atoms with Gasteiger partial charge in [-0.15, -0.1) is 11.3 Å². The summed E-state index contributed by atoms with van der Waals surface area (Å²) >= 11 is 7.09. The Morgan fingerprint density at radius 2 is 2.33 bits per heavy atom. The number of rotatable bonds is 6. The first-order valence-corrected chi connectivity index (χ1v) is 7.20. The van der Waals surface area contributed by atoms with E-state index in [1.807, 2.05) is 0 Å². The highest BCUT2D eigenvalue weighted by atomic mass is 35.5. The Balaban J connectivity index is 2.12. The molecule has 0 saturated carbocycles. The van der Waals surface area contributed by atoms with Crippen molar-refractivity contribution in [1.82, 2.24) is 10.3 Å². The van der Waals surface area contributed by atoms with E-state index in [-0.39, 0.29) is 5.75 Å². The summed E-state index contributed by atoms with van der Waals surface area (Å²) in [6, 6.07) is 0. The lowest BCUT2D eigenvalue weighted by atomic mass is 10.5. The minimum Gasteiger partial charge on any atom is -0.310 e. The minimum atomic E-state index is -3.34. The largest absolute Gasteiger partial charge is 0.310 e. The Bertz CT molecular complexity index is 404. The molecule has 1 rings (SSSR count). The topological polar surface area (TPSA) is 85.1 Å². The quantitative estimate of drug-likeness (QED) is 0.739. The average Bonchev–Trinajstić information content (AvgIpc) is 2.49. The van der Waals surface area contributed by atoms with Gasteiger partial charge in [0, 0.05) is 6.54 Å². The molecule has 0 spiro atoms. The lowest BCUT2D eigenvalue weighted by Gasteiger charge is -2.00. The highest BCUT2D eigenvalue weighted by molar-refractivity contribution is 7.89. The monoisotopic (exact) mass is 269 g/mol. The standard InChI is InChI=1S/C7H12ClN3O2S2/c8-6-4-11-7(14-6)5-10-2-1-3-15(9,12)13/h4,10H,1-3,5H2,(H2,9,12,13). The highest BCUT2D eigenvalue weighted by Crippen LogP contribution is 2.17. The third-order valence-corrected chi connectivity index (χ3v) is 3.56. The van der Waals surface area contributed by atoms with Gasteiger partial charge in [0.15, 0.2) is 0 Å². The summed E-state index contributed by atoms with van der Waals surface area (Å²) in [7, 11) is -3.34. The molecule has 1 aromatic rings. The van der Waals surface area contributed by atoms with Gasteiger partial charge in [-0.3, -0.25) is 0 Å². The molecule has 0 aliphatic rings. The first-order valence-electron chi connectivity index (χ1n) is 4.29. The molecule has 15 heavy (non-hydrogen) atoms. The van der Waals surface area contributed by atoms with E-state index in [9.17, 15) is 8.42 Å². The zero-order valence-corrected chi connectivity index (χ0v) is 10.3. The van der Waals surface area contributed by atoms with Gasteiger partial charge >= 0.3 is 0 Å². The zero-order chi connectivity index (χ0) is 11.3. The smallest absolute Gasteiger partial charge is 0.209 e. The zero-order valence-electron chi connectivity index (χ0n) is 7.94. The molecular formula is C7H12ClN3O2S2. The van der Waals surface area contributed by atoms with Gasteiger partial charge < -0.3 is 5.32 Å². The molecular weight excluding hydrogens is 258 g/mol. The van der Waals surface area contributed by atoms with Gasteiger partial charge in [0.25, 0.3) is 0 Å². The Morgan fingerprint density at radius 3 is 2.87 bits per heavy atom. The Hall–Kier alpha value is -0.210. The van der Waals surface area contributed by atoms with Crippen molar-refractivity contribution in [3.05, 3.63) is 15.5 Å². The maximum atomic E-state index is 10.6. The third-order valence-electron chi connectivity index (χ3n) is 1.58. The average molecular weight is 270 g/mol. The summed E-state index contributed by atoms with van der Waals surface area (Å²) in [6.07, 6.45) is 2.09. The van der Waals surface area contributed by atoms with Gasteiger partial charge in [-0.1, -0.05) is 11.6 Å². The van der Waals surface area contributed by atoms with Crippen molar-refractivity contribution in [2.75, 3.05) is 12.3 Å². The molecule has 0 amide bonds. The number of nitrogens with two attached hydrogens (primary N) is 1. The van der Waals surface area contributed by atoms with Crippen LogP contribution in [0.5, 0.6) is 0 Å². The van der Waals surface area contributed by atoms with Crippen LogP contribution in [-0.2, 0) is 16.6 Å². The van der Waals surface area contributed by atoms with Crippen molar-refractivity contribution in [2.24, 2.45) is 5.14 Å². The van der Waals surface area contributed by atoms with Crippen LogP contribution in [-0.4, -0.2) is 25.7 Å². The van der Waals surface area contributed by atoms with Crippen molar-refractivity contribution in [3.8, 4) is 0 Å². The number of primary sulfonamides is 1. The molecule has 0 aliphatic carbocycles. The molecule has 3 N–H and O–H groups in total. The van der Waals surface area contributed by atoms with E-state index < -0.39 is 10.0 Å². The van der Waals surface area contributed by atoms with Crippen LogP contribution in [0.1, 0.15) is 11.4 Å². The van der Waals surface area contributed by atoms with Crippen molar-refractivity contribution < 1.29 is 8.42 Å². The van der Waals surface area contributed by atoms with Crippen LogP contribution < -0.4 is 10.5 Å². The normalized spacial score (nSPS) is 11.9.